The first-order valence-electron chi connectivity index (χ1n) is 10.1. The summed E-state index contributed by atoms with van der Waals surface area (Å²) >= 11 is 0. The van der Waals surface area contributed by atoms with Gasteiger partial charge in [0.05, 0.1) is 37.8 Å². The maximum Gasteiger partial charge on any atom is 0.319 e. The molecule has 9 nitrogen and oxygen atoms in total. The molecule has 30 heavy (non-hydrogen) atoms. The lowest BCUT2D eigenvalue weighted by Crippen LogP contribution is -2.66. The van der Waals surface area contributed by atoms with Gasteiger partial charge in [0.25, 0.3) is 0 Å². The van der Waals surface area contributed by atoms with Crippen molar-refractivity contribution in [3.05, 3.63) is 30.1 Å². The number of ether oxygens (including phenoxy) is 3. The van der Waals surface area contributed by atoms with Crippen molar-refractivity contribution in [1.82, 2.24) is 10.2 Å². The van der Waals surface area contributed by atoms with E-state index < -0.39 is 42.4 Å². The molecule has 2 bridgehead atoms. The summed E-state index contributed by atoms with van der Waals surface area (Å²) in [6.45, 7) is 1.44. The second-order valence-electron chi connectivity index (χ2n) is 7.82. The number of nitrogens with zero attached hydrogens (tertiary/aromatic N) is 1. The van der Waals surface area contributed by atoms with Crippen LogP contribution in [0.25, 0.3) is 0 Å². The molecule has 0 spiro atoms. The molecule has 164 valence electrons. The third-order valence-corrected chi connectivity index (χ3v) is 6.02. The van der Waals surface area contributed by atoms with E-state index >= 15 is 0 Å². The molecule has 5 atom stereocenters. The van der Waals surface area contributed by atoms with E-state index in [1.165, 1.54) is 31.4 Å². The van der Waals surface area contributed by atoms with Crippen LogP contribution in [0.1, 0.15) is 12.8 Å². The Morgan fingerprint density at radius 3 is 2.60 bits per heavy atom. The number of amides is 2. The van der Waals surface area contributed by atoms with Gasteiger partial charge in [-0.05, 0) is 50.2 Å². The molecule has 4 rings (SSSR count). The minimum Gasteiger partial charge on any atom is -0.469 e. The molecule has 0 unspecified atom stereocenters. The summed E-state index contributed by atoms with van der Waals surface area (Å²) in [4.78, 5) is 26.2. The molecule has 10 heteroatoms. The van der Waals surface area contributed by atoms with Crippen LogP contribution in [-0.2, 0) is 19.0 Å². The molecular formula is C20H26FN3O6. The van der Waals surface area contributed by atoms with Crippen molar-refractivity contribution in [2.24, 2.45) is 5.92 Å². The fourth-order valence-electron chi connectivity index (χ4n) is 4.42. The van der Waals surface area contributed by atoms with Crippen LogP contribution >= 0.6 is 0 Å². The predicted octanol–water partition coefficient (Wildman–Crippen LogP) is 0.685. The zero-order valence-electron chi connectivity index (χ0n) is 16.6. The number of rotatable bonds is 4. The molecule has 0 aromatic heterocycles. The molecule has 0 radical (unpaired) electrons. The molecule has 3 N–H and O–H groups in total. The lowest BCUT2D eigenvalue weighted by atomic mass is 9.91. The number of carbonyl (C=O) groups excluding carboxylic acids is 2. The highest BCUT2D eigenvalue weighted by atomic mass is 19.1. The number of benzene rings is 1. The van der Waals surface area contributed by atoms with E-state index in [1.807, 2.05) is 4.90 Å². The summed E-state index contributed by atoms with van der Waals surface area (Å²) in [5.41, 5.74) is 0.432. The van der Waals surface area contributed by atoms with E-state index in [0.717, 1.165) is 0 Å². The van der Waals surface area contributed by atoms with Gasteiger partial charge in [-0.25, -0.2) is 9.18 Å². The van der Waals surface area contributed by atoms with Crippen molar-refractivity contribution in [2.45, 2.75) is 43.4 Å². The average molecular weight is 423 g/mol. The van der Waals surface area contributed by atoms with E-state index in [2.05, 4.69) is 10.6 Å². The number of aliphatic hydroxyl groups excluding tert-OH is 1. The Labute approximate surface area is 173 Å². The number of esters is 1. The minimum atomic E-state index is -0.912. The number of hydrogen-bond acceptors (Lipinski definition) is 7. The number of carbonyl (C=O) groups is 2. The summed E-state index contributed by atoms with van der Waals surface area (Å²) < 4.78 is 29.5. The van der Waals surface area contributed by atoms with Gasteiger partial charge in [-0.2, -0.15) is 0 Å². The number of likely N-dealkylation sites (tertiary alicyclic amines) is 1. The summed E-state index contributed by atoms with van der Waals surface area (Å²) in [7, 11) is 1.38. The van der Waals surface area contributed by atoms with Gasteiger partial charge >= 0.3 is 12.0 Å². The van der Waals surface area contributed by atoms with Gasteiger partial charge in [-0.15, -0.1) is 0 Å². The Morgan fingerprint density at radius 2 is 1.93 bits per heavy atom. The van der Waals surface area contributed by atoms with Crippen molar-refractivity contribution in [2.75, 3.05) is 32.1 Å². The molecule has 3 aliphatic heterocycles. The number of urea groups is 1. The normalized spacial score (nSPS) is 31.9. The monoisotopic (exact) mass is 423 g/mol. The number of anilines is 1. The summed E-state index contributed by atoms with van der Waals surface area (Å²) in [6, 6.07) is 3.74. The Hall–Kier alpha value is -2.27. The highest BCUT2D eigenvalue weighted by Crippen LogP contribution is 2.33. The van der Waals surface area contributed by atoms with Gasteiger partial charge in [0.1, 0.15) is 11.9 Å². The molecule has 3 saturated heterocycles. The number of fused-ring (bicyclic) bond motifs is 2. The molecule has 1 aromatic rings. The van der Waals surface area contributed by atoms with Crippen molar-refractivity contribution in [3.8, 4) is 0 Å². The second kappa shape index (κ2) is 8.84. The molecule has 3 heterocycles. The van der Waals surface area contributed by atoms with E-state index in [4.69, 9.17) is 14.2 Å². The standard InChI is InChI=1S/C20H26FN3O6/c1-28-18(26)11-6-8-24(9-7-11)16-17(25)15(14-10-29-19(16)30-14)23-20(27)22-13-4-2-12(21)3-5-13/h2-5,11,14-17,19,25H,6-10H2,1H3,(H2,22,23,27)/t14-,15-,16-,17+,19-/m1/s1. The number of nitrogens with one attached hydrogen (secondary N) is 2. The Bertz CT molecular complexity index is 770. The van der Waals surface area contributed by atoms with E-state index in [9.17, 15) is 19.1 Å². The fraction of sp³-hybridized carbons (Fsp3) is 0.600. The summed E-state index contributed by atoms with van der Waals surface area (Å²) in [5.74, 6) is -0.769. The van der Waals surface area contributed by atoms with Crippen LogP contribution in [0.4, 0.5) is 14.9 Å². The highest BCUT2D eigenvalue weighted by molar-refractivity contribution is 5.89. The molecule has 1 aromatic carbocycles. The third-order valence-electron chi connectivity index (χ3n) is 6.02. The Morgan fingerprint density at radius 1 is 1.23 bits per heavy atom. The smallest absolute Gasteiger partial charge is 0.319 e. The topological polar surface area (TPSA) is 109 Å². The first-order valence-corrected chi connectivity index (χ1v) is 10.1. The number of aliphatic hydroxyl groups is 1. The van der Waals surface area contributed by atoms with Crippen molar-refractivity contribution < 1.29 is 33.3 Å². The zero-order chi connectivity index (χ0) is 21.3. The average Bonchev–Trinajstić information content (AvgIpc) is 3.18. The maximum absolute atomic E-state index is 13.0. The van der Waals surface area contributed by atoms with E-state index in [0.29, 0.717) is 31.6 Å². The van der Waals surface area contributed by atoms with Crippen LogP contribution in [0.15, 0.2) is 24.3 Å². The van der Waals surface area contributed by atoms with Crippen LogP contribution in [0.5, 0.6) is 0 Å². The van der Waals surface area contributed by atoms with Gasteiger partial charge in [0.2, 0.25) is 0 Å². The lowest BCUT2D eigenvalue weighted by Gasteiger charge is -2.45. The maximum atomic E-state index is 13.0. The fourth-order valence-corrected chi connectivity index (χ4v) is 4.42. The number of methoxy groups -OCH3 is 1. The van der Waals surface area contributed by atoms with E-state index in [1.54, 1.807) is 0 Å². The third kappa shape index (κ3) is 4.27. The highest BCUT2D eigenvalue weighted by Gasteiger charge is 2.53. The molecule has 0 aliphatic carbocycles. The van der Waals surface area contributed by atoms with Crippen LogP contribution in [0.2, 0.25) is 0 Å². The van der Waals surface area contributed by atoms with Crippen molar-refractivity contribution in [3.63, 3.8) is 0 Å². The summed E-state index contributed by atoms with van der Waals surface area (Å²) in [5, 5.41) is 16.4. The zero-order valence-corrected chi connectivity index (χ0v) is 16.6. The molecule has 3 aliphatic rings. The van der Waals surface area contributed by atoms with Gasteiger partial charge < -0.3 is 30.0 Å². The van der Waals surface area contributed by atoms with Crippen LogP contribution in [-0.4, -0.2) is 79.4 Å². The Balaban J connectivity index is 1.39. The van der Waals surface area contributed by atoms with Gasteiger partial charge in [0.15, 0.2) is 6.29 Å². The van der Waals surface area contributed by atoms with Gasteiger partial charge in [0, 0.05) is 5.69 Å². The molecule has 3 fully saturated rings. The van der Waals surface area contributed by atoms with Gasteiger partial charge in [-0.1, -0.05) is 0 Å². The quantitative estimate of drug-likeness (QED) is 0.611. The number of piperidine rings is 1. The predicted molar refractivity (Wildman–Crippen MR) is 103 cm³/mol. The second-order valence-corrected chi connectivity index (χ2v) is 7.82. The largest absolute Gasteiger partial charge is 0.469 e. The van der Waals surface area contributed by atoms with Crippen LogP contribution in [0.3, 0.4) is 0 Å². The first-order chi connectivity index (χ1) is 14.5. The first kappa shape index (κ1) is 21.0. The van der Waals surface area contributed by atoms with Crippen molar-refractivity contribution >= 4 is 17.7 Å². The molecular weight excluding hydrogens is 397 g/mol. The van der Waals surface area contributed by atoms with Gasteiger partial charge in [-0.3, -0.25) is 9.69 Å². The molecule has 2 amide bonds. The molecule has 0 saturated carbocycles. The van der Waals surface area contributed by atoms with Crippen molar-refractivity contribution in [1.29, 1.82) is 0 Å². The lowest BCUT2D eigenvalue weighted by molar-refractivity contribution is -0.185. The SMILES string of the molecule is COC(=O)C1CCN([C@H]2[C@@H]3OC[C@@H](O3)[C@@H](NC(=O)Nc3ccc(F)cc3)[C@@H]2O)CC1. The minimum absolute atomic E-state index is 0.152. The summed E-state index contributed by atoms with van der Waals surface area (Å²) in [6.07, 6.45) is -0.722. The van der Waals surface area contributed by atoms with Crippen LogP contribution < -0.4 is 10.6 Å². The van der Waals surface area contributed by atoms with Crippen LogP contribution in [0, 0.1) is 11.7 Å². The Kier molecular flexibility index (Phi) is 6.19. The van der Waals surface area contributed by atoms with E-state index in [-0.39, 0.29) is 18.5 Å². The number of hydrogen-bond donors (Lipinski definition) is 3. The number of halogens is 1.